The summed E-state index contributed by atoms with van der Waals surface area (Å²) >= 11 is 5.42. The molecule has 3 nitrogen and oxygen atoms in total. The smallest absolute Gasteiger partial charge is 0.242 e. The largest absolute Gasteiger partial charge is 0.248 e. The highest BCUT2D eigenvalue weighted by atomic mass is 35.5. The van der Waals surface area contributed by atoms with Crippen LogP contribution in [0, 0.1) is 0 Å². The van der Waals surface area contributed by atoms with Crippen molar-refractivity contribution in [2.75, 3.05) is 0 Å². The minimum absolute atomic E-state index is 0.275. The van der Waals surface area contributed by atoms with Crippen molar-refractivity contribution in [3.8, 4) is 0 Å². The van der Waals surface area contributed by atoms with Crippen molar-refractivity contribution in [1.82, 2.24) is 14.8 Å². The number of rotatable bonds is 2. The highest BCUT2D eigenvalue weighted by Gasteiger charge is 1.91. The van der Waals surface area contributed by atoms with Crippen LogP contribution in [-0.4, -0.2) is 14.8 Å². The summed E-state index contributed by atoms with van der Waals surface area (Å²) in [6, 6.07) is 0. The van der Waals surface area contributed by atoms with E-state index in [1.54, 1.807) is 17.1 Å². The van der Waals surface area contributed by atoms with Gasteiger partial charge in [0.2, 0.25) is 5.28 Å². The van der Waals surface area contributed by atoms with E-state index >= 15 is 0 Å². The zero-order valence-corrected chi connectivity index (χ0v) is 5.54. The van der Waals surface area contributed by atoms with Gasteiger partial charge >= 0.3 is 0 Å². The fourth-order valence-electron chi connectivity index (χ4n) is 0.492. The summed E-state index contributed by atoms with van der Waals surface area (Å²) in [5.74, 6) is 0. The molecule has 0 unspecified atom stereocenters. The van der Waals surface area contributed by atoms with E-state index in [0.717, 1.165) is 0 Å². The van der Waals surface area contributed by atoms with Crippen molar-refractivity contribution in [3.05, 3.63) is 24.3 Å². The molecule has 0 saturated carbocycles. The van der Waals surface area contributed by atoms with E-state index in [1.165, 1.54) is 0 Å². The highest BCUT2D eigenvalue weighted by molar-refractivity contribution is 6.28. The number of hydrogen-bond donors (Lipinski definition) is 0. The normalized spacial score (nSPS) is 9.44. The van der Waals surface area contributed by atoms with Gasteiger partial charge in [-0.3, -0.25) is 0 Å². The van der Waals surface area contributed by atoms with Gasteiger partial charge in [0.05, 0.1) is 6.54 Å². The number of halogens is 1. The Balaban J connectivity index is 2.72. The van der Waals surface area contributed by atoms with Crippen LogP contribution in [0.15, 0.2) is 19.0 Å². The van der Waals surface area contributed by atoms with Crippen LogP contribution >= 0.6 is 11.6 Å². The van der Waals surface area contributed by atoms with Crippen molar-refractivity contribution >= 4 is 11.6 Å². The minimum Gasteiger partial charge on any atom is -0.248 e. The predicted molar refractivity (Wildman–Crippen MR) is 35.2 cm³/mol. The zero-order chi connectivity index (χ0) is 6.69. The lowest BCUT2D eigenvalue weighted by molar-refractivity contribution is 0.701. The first-order chi connectivity index (χ1) is 4.33. The third kappa shape index (κ3) is 1.54. The first-order valence-electron chi connectivity index (χ1n) is 2.49. The Hall–Kier alpha value is -0.830. The van der Waals surface area contributed by atoms with Crippen molar-refractivity contribution in [3.63, 3.8) is 0 Å². The fraction of sp³-hybridized carbons (Fsp3) is 0.200. The van der Waals surface area contributed by atoms with Gasteiger partial charge in [-0.15, -0.1) is 11.7 Å². The molecule has 0 bridgehead atoms. The molecule has 4 heteroatoms. The summed E-state index contributed by atoms with van der Waals surface area (Å²) in [7, 11) is 0. The lowest BCUT2D eigenvalue weighted by atomic mass is 10.6. The van der Waals surface area contributed by atoms with Gasteiger partial charge in [0, 0.05) is 0 Å². The van der Waals surface area contributed by atoms with E-state index in [-0.39, 0.29) is 5.28 Å². The van der Waals surface area contributed by atoms with Crippen molar-refractivity contribution in [1.29, 1.82) is 0 Å². The lowest BCUT2D eigenvalue weighted by Crippen LogP contribution is -1.93. The first-order valence-corrected chi connectivity index (χ1v) is 2.86. The number of hydrogen-bond acceptors (Lipinski definition) is 2. The van der Waals surface area contributed by atoms with Crippen LogP contribution in [-0.2, 0) is 6.54 Å². The van der Waals surface area contributed by atoms with E-state index in [9.17, 15) is 0 Å². The summed E-state index contributed by atoms with van der Waals surface area (Å²) < 4.78 is 1.61. The second kappa shape index (κ2) is 2.64. The predicted octanol–water partition coefficient (Wildman–Crippen LogP) is 1.12. The molecule has 1 heterocycles. The Bertz CT molecular complexity index is 206. The van der Waals surface area contributed by atoms with Gasteiger partial charge in [0.1, 0.15) is 6.33 Å². The van der Waals surface area contributed by atoms with Crippen molar-refractivity contribution in [2.45, 2.75) is 6.54 Å². The summed E-state index contributed by atoms with van der Waals surface area (Å²) in [5, 5.41) is 4.08. The molecule has 0 spiro atoms. The average Bonchev–Trinajstić information content (AvgIpc) is 2.17. The Morgan fingerprint density at radius 2 is 2.67 bits per heavy atom. The summed E-state index contributed by atoms with van der Waals surface area (Å²) in [5.41, 5.74) is 0. The molecular weight excluding hydrogens is 138 g/mol. The standard InChI is InChI=1S/C5H6ClN3/c1-2-3-9-4-7-5(6)8-9/h2,4H,1,3H2. The van der Waals surface area contributed by atoms with Gasteiger partial charge in [-0.25, -0.2) is 9.67 Å². The Labute approximate surface area is 58.0 Å². The molecule has 0 aliphatic carbocycles. The van der Waals surface area contributed by atoms with Crippen LogP contribution in [0.4, 0.5) is 0 Å². The number of nitrogens with zero attached hydrogens (tertiary/aromatic N) is 3. The van der Waals surface area contributed by atoms with Crippen LogP contribution in [0.1, 0.15) is 0 Å². The van der Waals surface area contributed by atoms with Crippen molar-refractivity contribution in [2.24, 2.45) is 0 Å². The Kier molecular flexibility index (Phi) is 1.85. The first kappa shape index (κ1) is 6.29. The molecule has 48 valence electrons. The van der Waals surface area contributed by atoms with Gasteiger partial charge in [-0.1, -0.05) is 6.08 Å². The number of aromatic nitrogens is 3. The van der Waals surface area contributed by atoms with Crippen molar-refractivity contribution < 1.29 is 0 Å². The molecule has 0 aliphatic rings. The molecule has 0 aromatic carbocycles. The maximum Gasteiger partial charge on any atom is 0.242 e. The minimum atomic E-state index is 0.275. The van der Waals surface area contributed by atoms with Crippen LogP contribution in [0.5, 0.6) is 0 Å². The molecule has 0 N–H and O–H groups in total. The van der Waals surface area contributed by atoms with Crippen LogP contribution in [0.25, 0.3) is 0 Å². The van der Waals surface area contributed by atoms with E-state index in [2.05, 4.69) is 16.7 Å². The molecule has 0 atom stereocenters. The molecule has 0 radical (unpaired) electrons. The van der Waals surface area contributed by atoms with Gasteiger partial charge in [0.25, 0.3) is 0 Å². The molecule has 0 fully saturated rings. The molecule has 9 heavy (non-hydrogen) atoms. The zero-order valence-electron chi connectivity index (χ0n) is 4.79. The average molecular weight is 144 g/mol. The maximum atomic E-state index is 5.42. The molecule has 1 rings (SSSR count). The third-order valence-electron chi connectivity index (χ3n) is 0.825. The van der Waals surface area contributed by atoms with E-state index in [1.807, 2.05) is 0 Å². The summed E-state index contributed by atoms with van der Waals surface area (Å²) in [4.78, 5) is 3.70. The Morgan fingerprint density at radius 1 is 1.89 bits per heavy atom. The van der Waals surface area contributed by atoms with Crippen LogP contribution in [0.2, 0.25) is 5.28 Å². The second-order valence-electron chi connectivity index (χ2n) is 1.52. The molecule has 1 aromatic rings. The van der Waals surface area contributed by atoms with E-state index in [0.29, 0.717) is 6.54 Å². The molecular formula is C5H6ClN3. The van der Waals surface area contributed by atoms with Crippen LogP contribution < -0.4 is 0 Å². The van der Waals surface area contributed by atoms with Gasteiger partial charge < -0.3 is 0 Å². The summed E-state index contributed by atoms with van der Waals surface area (Å²) in [6.07, 6.45) is 3.29. The van der Waals surface area contributed by atoms with E-state index in [4.69, 9.17) is 11.6 Å². The fourth-order valence-corrected chi connectivity index (χ4v) is 0.633. The van der Waals surface area contributed by atoms with Gasteiger partial charge in [0.15, 0.2) is 0 Å². The van der Waals surface area contributed by atoms with Gasteiger partial charge in [-0.05, 0) is 11.6 Å². The van der Waals surface area contributed by atoms with Gasteiger partial charge in [-0.2, -0.15) is 0 Å². The quantitative estimate of drug-likeness (QED) is 0.581. The molecule has 0 amide bonds. The number of allylic oxidation sites excluding steroid dienone is 1. The monoisotopic (exact) mass is 143 g/mol. The van der Waals surface area contributed by atoms with Crippen LogP contribution in [0.3, 0.4) is 0 Å². The second-order valence-corrected chi connectivity index (χ2v) is 1.86. The molecule has 1 aromatic heterocycles. The lowest BCUT2D eigenvalue weighted by Gasteiger charge is -1.88. The SMILES string of the molecule is C=CCn1cnc(Cl)n1. The Morgan fingerprint density at radius 3 is 3.11 bits per heavy atom. The maximum absolute atomic E-state index is 5.42. The summed E-state index contributed by atoms with van der Waals surface area (Å²) in [6.45, 7) is 4.19. The molecule has 0 saturated heterocycles. The molecule has 0 aliphatic heterocycles. The third-order valence-corrected chi connectivity index (χ3v) is 0.998. The highest BCUT2D eigenvalue weighted by Crippen LogP contribution is 1.95. The topological polar surface area (TPSA) is 30.7 Å². The van der Waals surface area contributed by atoms with E-state index < -0.39 is 0 Å².